The molecule has 1 aliphatic heterocycles. The van der Waals surface area contributed by atoms with E-state index in [1.54, 1.807) is 0 Å². The lowest BCUT2D eigenvalue weighted by Crippen LogP contribution is -2.48. The van der Waals surface area contributed by atoms with E-state index in [1.165, 1.54) is 11.1 Å². The van der Waals surface area contributed by atoms with E-state index < -0.39 is 11.7 Å². The van der Waals surface area contributed by atoms with Gasteiger partial charge in [-0.3, -0.25) is 14.6 Å². The van der Waals surface area contributed by atoms with Gasteiger partial charge in [-0.25, -0.2) is 0 Å². The number of nitrogens with one attached hydrogen (secondary N) is 1. The molecule has 1 aliphatic rings. The van der Waals surface area contributed by atoms with E-state index in [0.717, 1.165) is 50.9 Å². The van der Waals surface area contributed by atoms with Gasteiger partial charge < -0.3 is 5.32 Å². The maximum atomic E-state index is 12.9. The number of carbonyl (C=O) groups is 1. The molecule has 2 aromatic carbocycles. The van der Waals surface area contributed by atoms with Crippen molar-refractivity contribution in [3.05, 3.63) is 64.2 Å². The second kappa shape index (κ2) is 9.15. The van der Waals surface area contributed by atoms with Crippen LogP contribution in [-0.2, 0) is 17.5 Å². The Morgan fingerprint density at radius 3 is 2.38 bits per heavy atom. The second-order valence-corrected chi connectivity index (χ2v) is 7.63. The molecule has 29 heavy (non-hydrogen) atoms. The van der Waals surface area contributed by atoms with Gasteiger partial charge in [-0.2, -0.15) is 13.2 Å². The first-order valence-electron chi connectivity index (χ1n) is 9.38. The largest absolute Gasteiger partial charge is 0.416 e. The molecule has 1 heterocycles. The molecular formula is C21H23ClF3N3O. The van der Waals surface area contributed by atoms with Crippen LogP contribution in [0.5, 0.6) is 0 Å². The maximum absolute atomic E-state index is 12.9. The fourth-order valence-corrected chi connectivity index (χ4v) is 3.49. The first-order valence-corrected chi connectivity index (χ1v) is 9.76. The number of aryl methyl sites for hydroxylation is 1. The van der Waals surface area contributed by atoms with E-state index in [4.69, 9.17) is 11.6 Å². The minimum absolute atomic E-state index is 0.0234. The van der Waals surface area contributed by atoms with Gasteiger partial charge in [0.15, 0.2) is 0 Å². The number of piperazine rings is 1. The number of halogens is 4. The number of hydrogen-bond donors (Lipinski definition) is 1. The van der Waals surface area contributed by atoms with Crippen LogP contribution in [0.3, 0.4) is 0 Å². The van der Waals surface area contributed by atoms with Crippen LogP contribution >= 0.6 is 11.6 Å². The van der Waals surface area contributed by atoms with Crippen molar-refractivity contribution < 1.29 is 18.0 Å². The predicted octanol–water partition coefficient (Wildman–Crippen LogP) is 4.42. The van der Waals surface area contributed by atoms with Crippen LogP contribution in [0.4, 0.5) is 18.9 Å². The first kappa shape index (κ1) is 21.6. The van der Waals surface area contributed by atoms with Crippen molar-refractivity contribution in [1.29, 1.82) is 0 Å². The van der Waals surface area contributed by atoms with Crippen LogP contribution in [-0.4, -0.2) is 48.4 Å². The topological polar surface area (TPSA) is 35.6 Å². The normalized spacial score (nSPS) is 16.0. The van der Waals surface area contributed by atoms with Gasteiger partial charge in [-0.05, 0) is 36.2 Å². The lowest BCUT2D eigenvalue weighted by molar-refractivity contribution is -0.137. The van der Waals surface area contributed by atoms with Crippen LogP contribution in [0.25, 0.3) is 0 Å². The van der Waals surface area contributed by atoms with Gasteiger partial charge in [0.05, 0.1) is 22.8 Å². The Kier molecular flexibility index (Phi) is 6.82. The van der Waals surface area contributed by atoms with Gasteiger partial charge in [0.2, 0.25) is 5.91 Å². The zero-order valence-electron chi connectivity index (χ0n) is 16.1. The zero-order chi connectivity index (χ0) is 21.0. The Hall–Kier alpha value is -2.09. The molecule has 0 spiro atoms. The summed E-state index contributed by atoms with van der Waals surface area (Å²) < 4.78 is 38.6. The van der Waals surface area contributed by atoms with E-state index in [0.29, 0.717) is 0 Å². The summed E-state index contributed by atoms with van der Waals surface area (Å²) >= 11 is 5.94. The van der Waals surface area contributed by atoms with E-state index >= 15 is 0 Å². The Bertz CT molecular complexity index is 864. The molecule has 1 amide bonds. The summed E-state index contributed by atoms with van der Waals surface area (Å²) in [6, 6.07) is 11.2. The minimum Gasteiger partial charge on any atom is -0.324 e. The predicted molar refractivity (Wildman–Crippen MR) is 108 cm³/mol. The number of nitrogens with zero attached hydrogens (tertiary/aromatic N) is 2. The number of amides is 1. The molecule has 0 radical (unpaired) electrons. The van der Waals surface area contributed by atoms with Gasteiger partial charge in [-0.1, -0.05) is 35.9 Å². The van der Waals surface area contributed by atoms with Crippen molar-refractivity contribution in [3.63, 3.8) is 0 Å². The molecule has 0 aromatic heterocycles. The average Bonchev–Trinajstić information content (AvgIpc) is 2.66. The van der Waals surface area contributed by atoms with E-state index in [1.807, 2.05) is 17.0 Å². The monoisotopic (exact) mass is 425 g/mol. The summed E-state index contributed by atoms with van der Waals surface area (Å²) in [5.74, 6) is -0.376. The highest BCUT2D eigenvalue weighted by Crippen LogP contribution is 2.33. The van der Waals surface area contributed by atoms with Gasteiger partial charge in [-0.15, -0.1) is 0 Å². The molecule has 1 N–H and O–H groups in total. The highest BCUT2D eigenvalue weighted by molar-refractivity contribution is 6.33. The Labute approximate surface area is 173 Å². The third-order valence-corrected chi connectivity index (χ3v) is 5.38. The second-order valence-electron chi connectivity index (χ2n) is 7.22. The molecule has 1 fully saturated rings. The number of carbonyl (C=O) groups excluding carboxylic acids is 1. The van der Waals surface area contributed by atoms with E-state index in [-0.39, 0.29) is 23.2 Å². The van der Waals surface area contributed by atoms with Crippen molar-refractivity contribution in [3.8, 4) is 0 Å². The van der Waals surface area contributed by atoms with Crippen LogP contribution in [0, 0.1) is 6.92 Å². The Balaban J connectivity index is 1.51. The molecule has 0 aliphatic carbocycles. The van der Waals surface area contributed by atoms with Gasteiger partial charge >= 0.3 is 6.18 Å². The number of rotatable bonds is 5. The third-order valence-electron chi connectivity index (χ3n) is 5.06. The van der Waals surface area contributed by atoms with Crippen LogP contribution < -0.4 is 5.32 Å². The quantitative estimate of drug-likeness (QED) is 0.770. The molecule has 2 aromatic rings. The molecule has 1 saturated heterocycles. The van der Waals surface area contributed by atoms with Crippen molar-refractivity contribution in [1.82, 2.24) is 9.80 Å². The van der Waals surface area contributed by atoms with Crippen molar-refractivity contribution in [2.24, 2.45) is 0 Å². The van der Waals surface area contributed by atoms with E-state index in [9.17, 15) is 18.0 Å². The van der Waals surface area contributed by atoms with Crippen LogP contribution in [0.2, 0.25) is 5.02 Å². The van der Waals surface area contributed by atoms with Crippen LogP contribution in [0.15, 0.2) is 42.5 Å². The average molecular weight is 426 g/mol. The highest BCUT2D eigenvalue weighted by atomic mass is 35.5. The zero-order valence-corrected chi connectivity index (χ0v) is 16.9. The molecule has 8 heteroatoms. The number of anilines is 1. The molecule has 4 nitrogen and oxygen atoms in total. The minimum atomic E-state index is -4.49. The highest BCUT2D eigenvalue weighted by Gasteiger charge is 2.31. The third kappa shape index (κ3) is 5.95. The van der Waals surface area contributed by atoms with Gasteiger partial charge in [0, 0.05) is 32.7 Å². The lowest BCUT2D eigenvalue weighted by atomic mass is 10.1. The SMILES string of the molecule is Cc1ccccc1CN1CCN(CC(=O)Nc2cc(C(F)(F)F)ccc2Cl)CC1. The van der Waals surface area contributed by atoms with Gasteiger partial charge in [0.1, 0.15) is 0 Å². The number of hydrogen-bond acceptors (Lipinski definition) is 3. The first-order chi connectivity index (χ1) is 13.7. The Morgan fingerprint density at radius 1 is 1.07 bits per heavy atom. The molecular weight excluding hydrogens is 403 g/mol. The summed E-state index contributed by atoms with van der Waals surface area (Å²) in [5.41, 5.74) is 1.68. The fourth-order valence-electron chi connectivity index (χ4n) is 3.32. The summed E-state index contributed by atoms with van der Waals surface area (Å²) in [6.45, 7) is 6.16. The molecule has 3 rings (SSSR count). The van der Waals surface area contributed by atoms with Gasteiger partial charge in [0.25, 0.3) is 0 Å². The Morgan fingerprint density at radius 2 is 1.72 bits per heavy atom. The maximum Gasteiger partial charge on any atom is 0.416 e. The number of benzene rings is 2. The molecule has 0 atom stereocenters. The standard InChI is InChI=1S/C21H23ClF3N3O/c1-15-4-2-3-5-16(15)13-27-8-10-28(11-9-27)14-20(29)26-19-12-17(21(23,24)25)6-7-18(19)22/h2-7,12H,8-11,13-14H2,1H3,(H,26,29). The summed E-state index contributed by atoms with van der Waals surface area (Å²) in [4.78, 5) is 16.6. The molecule has 0 bridgehead atoms. The van der Waals surface area contributed by atoms with Crippen molar-refractivity contribution in [2.75, 3.05) is 38.0 Å². The smallest absolute Gasteiger partial charge is 0.324 e. The summed E-state index contributed by atoms with van der Waals surface area (Å²) in [6.07, 6.45) is -4.49. The molecule has 0 saturated carbocycles. The van der Waals surface area contributed by atoms with Crippen molar-refractivity contribution >= 4 is 23.2 Å². The molecule has 0 unspecified atom stereocenters. The summed E-state index contributed by atoms with van der Waals surface area (Å²) in [5, 5.41) is 2.58. The summed E-state index contributed by atoms with van der Waals surface area (Å²) in [7, 11) is 0. The van der Waals surface area contributed by atoms with Crippen LogP contribution in [0.1, 0.15) is 16.7 Å². The number of alkyl halides is 3. The lowest BCUT2D eigenvalue weighted by Gasteiger charge is -2.34. The molecule has 156 valence electrons. The fraction of sp³-hybridized carbons (Fsp3) is 0.381. The van der Waals surface area contributed by atoms with Crippen molar-refractivity contribution in [2.45, 2.75) is 19.6 Å². The van der Waals surface area contributed by atoms with E-state index in [2.05, 4.69) is 29.3 Å².